The van der Waals surface area contributed by atoms with E-state index >= 15 is 0 Å². The maximum absolute atomic E-state index is 12.1. The average Bonchev–Trinajstić information content (AvgIpc) is 2.68. The fourth-order valence-corrected chi connectivity index (χ4v) is 4.42. The lowest BCUT2D eigenvalue weighted by Crippen LogP contribution is -2.08. The van der Waals surface area contributed by atoms with E-state index in [0.29, 0.717) is 5.01 Å². The maximum atomic E-state index is 12.1. The highest BCUT2D eigenvalue weighted by Gasteiger charge is 2.22. The summed E-state index contributed by atoms with van der Waals surface area (Å²) < 4.78 is 24.3. The minimum absolute atomic E-state index is 0.0168. The predicted octanol–water partition coefficient (Wildman–Crippen LogP) is 2.35. The number of nitrogens with two attached hydrogens (primary N) is 1. The fraction of sp³-hybridized carbons (Fsp3) is 0.100. The van der Waals surface area contributed by atoms with E-state index in [4.69, 9.17) is 17.3 Å². The SMILES string of the molecule is Nc1cccc(Cl)c1S(=O)(=O)Cc1nccs1. The third-order valence-corrected chi connectivity index (χ3v) is 5.23. The minimum atomic E-state index is -3.55. The summed E-state index contributed by atoms with van der Waals surface area (Å²) in [5.41, 5.74) is 5.82. The van der Waals surface area contributed by atoms with E-state index < -0.39 is 9.84 Å². The van der Waals surface area contributed by atoms with E-state index in [1.54, 1.807) is 17.6 Å². The number of nitrogen functional groups attached to an aromatic ring is 1. The molecule has 0 saturated heterocycles. The van der Waals surface area contributed by atoms with Gasteiger partial charge in [0.2, 0.25) is 0 Å². The van der Waals surface area contributed by atoms with Crippen LogP contribution >= 0.6 is 22.9 Å². The summed E-state index contributed by atoms with van der Waals surface area (Å²) in [7, 11) is -3.55. The van der Waals surface area contributed by atoms with Crippen molar-refractivity contribution in [3.05, 3.63) is 39.8 Å². The van der Waals surface area contributed by atoms with Crippen molar-refractivity contribution in [3.8, 4) is 0 Å². The van der Waals surface area contributed by atoms with Gasteiger partial charge >= 0.3 is 0 Å². The van der Waals surface area contributed by atoms with Crippen LogP contribution in [0.2, 0.25) is 5.02 Å². The van der Waals surface area contributed by atoms with E-state index in [1.165, 1.54) is 23.5 Å². The molecule has 0 amide bonds. The van der Waals surface area contributed by atoms with Gasteiger partial charge in [0.25, 0.3) is 0 Å². The van der Waals surface area contributed by atoms with Gasteiger partial charge in [-0.05, 0) is 12.1 Å². The van der Waals surface area contributed by atoms with Crippen molar-refractivity contribution in [2.75, 3.05) is 5.73 Å². The Hall–Kier alpha value is -1.11. The Morgan fingerprint density at radius 2 is 2.18 bits per heavy atom. The summed E-state index contributed by atoms with van der Waals surface area (Å²) in [6, 6.07) is 4.63. The second-order valence-corrected chi connectivity index (χ2v) is 6.66. The lowest BCUT2D eigenvalue weighted by Gasteiger charge is -2.07. The van der Waals surface area contributed by atoms with Gasteiger partial charge in [-0.15, -0.1) is 11.3 Å². The third-order valence-electron chi connectivity index (χ3n) is 2.11. The highest BCUT2D eigenvalue weighted by Crippen LogP contribution is 2.30. The minimum Gasteiger partial charge on any atom is -0.398 e. The Balaban J connectivity index is 2.45. The quantitative estimate of drug-likeness (QED) is 0.880. The second-order valence-electron chi connectivity index (χ2n) is 3.34. The normalized spacial score (nSPS) is 11.6. The van der Waals surface area contributed by atoms with Gasteiger partial charge in [-0.25, -0.2) is 13.4 Å². The second kappa shape index (κ2) is 4.64. The molecule has 4 nitrogen and oxygen atoms in total. The maximum Gasteiger partial charge on any atom is 0.188 e. The summed E-state index contributed by atoms with van der Waals surface area (Å²) in [4.78, 5) is 3.92. The molecule has 17 heavy (non-hydrogen) atoms. The first-order chi connectivity index (χ1) is 8.00. The number of halogens is 1. The van der Waals surface area contributed by atoms with Crippen LogP contribution in [0.1, 0.15) is 5.01 Å². The fourth-order valence-electron chi connectivity index (χ4n) is 1.41. The lowest BCUT2D eigenvalue weighted by atomic mass is 10.3. The summed E-state index contributed by atoms with van der Waals surface area (Å²) >= 11 is 7.16. The van der Waals surface area contributed by atoms with Crippen LogP contribution < -0.4 is 5.73 Å². The largest absolute Gasteiger partial charge is 0.398 e. The number of anilines is 1. The van der Waals surface area contributed by atoms with E-state index in [9.17, 15) is 8.42 Å². The highest BCUT2D eigenvalue weighted by atomic mass is 35.5. The molecule has 0 atom stereocenters. The van der Waals surface area contributed by atoms with Gasteiger partial charge in [0.1, 0.15) is 15.7 Å². The number of thiazole rings is 1. The van der Waals surface area contributed by atoms with E-state index in [2.05, 4.69) is 4.98 Å². The van der Waals surface area contributed by atoms with E-state index in [0.717, 1.165) is 0 Å². The van der Waals surface area contributed by atoms with Gasteiger partial charge in [-0.1, -0.05) is 17.7 Å². The molecule has 0 spiro atoms. The summed E-state index contributed by atoms with van der Waals surface area (Å²) in [5, 5.41) is 2.38. The Morgan fingerprint density at radius 1 is 1.41 bits per heavy atom. The zero-order valence-corrected chi connectivity index (χ0v) is 11.0. The first-order valence-corrected chi connectivity index (χ1v) is 7.57. The van der Waals surface area contributed by atoms with Crippen LogP contribution in [0.3, 0.4) is 0 Å². The molecule has 0 unspecified atom stereocenters. The van der Waals surface area contributed by atoms with Gasteiger partial charge in [0.15, 0.2) is 9.84 Å². The topological polar surface area (TPSA) is 73.1 Å². The number of aromatic nitrogens is 1. The molecule has 2 aromatic rings. The number of sulfone groups is 1. The molecule has 0 aliphatic carbocycles. The van der Waals surface area contributed by atoms with Crippen LogP contribution in [0, 0.1) is 0 Å². The molecule has 90 valence electrons. The van der Waals surface area contributed by atoms with E-state index in [-0.39, 0.29) is 21.4 Å². The van der Waals surface area contributed by atoms with Crippen molar-refractivity contribution in [1.82, 2.24) is 4.98 Å². The first kappa shape index (κ1) is 12.3. The molecular formula is C10H9ClN2O2S2. The van der Waals surface area contributed by atoms with Crippen LogP contribution in [-0.2, 0) is 15.6 Å². The van der Waals surface area contributed by atoms with Gasteiger partial charge in [0, 0.05) is 11.6 Å². The van der Waals surface area contributed by atoms with Crippen LogP contribution in [0.25, 0.3) is 0 Å². The van der Waals surface area contributed by atoms with Crippen LogP contribution in [0.4, 0.5) is 5.69 Å². The molecule has 0 radical (unpaired) electrons. The van der Waals surface area contributed by atoms with Crippen molar-refractivity contribution in [2.45, 2.75) is 10.6 Å². The Labute approximate surface area is 108 Å². The van der Waals surface area contributed by atoms with Crippen molar-refractivity contribution in [3.63, 3.8) is 0 Å². The van der Waals surface area contributed by atoms with Gasteiger partial charge in [0.05, 0.1) is 10.7 Å². The molecule has 0 aliphatic rings. The van der Waals surface area contributed by atoms with Crippen LogP contribution in [0.5, 0.6) is 0 Å². The predicted molar refractivity (Wildman–Crippen MR) is 68.9 cm³/mol. The monoisotopic (exact) mass is 288 g/mol. The molecule has 2 N–H and O–H groups in total. The molecule has 0 fully saturated rings. The molecule has 1 aromatic heterocycles. The van der Waals surface area contributed by atoms with Gasteiger partial charge in [-0.2, -0.15) is 0 Å². The molecule has 0 aliphatic heterocycles. The van der Waals surface area contributed by atoms with Crippen molar-refractivity contribution >= 4 is 38.5 Å². The molecular weight excluding hydrogens is 280 g/mol. The lowest BCUT2D eigenvalue weighted by molar-refractivity contribution is 0.595. The van der Waals surface area contributed by atoms with Crippen molar-refractivity contribution in [2.24, 2.45) is 0 Å². The van der Waals surface area contributed by atoms with Gasteiger partial charge in [-0.3, -0.25) is 0 Å². The summed E-state index contributed by atoms with van der Waals surface area (Å²) in [6.07, 6.45) is 1.56. The number of nitrogens with zero attached hydrogens (tertiary/aromatic N) is 1. The number of benzene rings is 1. The molecule has 0 saturated carbocycles. The van der Waals surface area contributed by atoms with Crippen LogP contribution in [0.15, 0.2) is 34.7 Å². The highest BCUT2D eigenvalue weighted by molar-refractivity contribution is 7.91. The molecule has 2 rings (SSSR count). The standard InChI is InChI=1S/C10H9ClN2O2S2/c11-7-2-1-3-8(12)10(7)17(14,15)6-9-13-4-5-16-9/h1-5H,6,12H2. The van der Waals surface area contributed by atoms with Crippen molar-refractivity contribution in [1.29, 1.82) is 0 Å². The Kier molecular flexibility index (Phi) is 3.37. The zero-order valence-electron chi connectivity index (χ0n) is 8.63. The van der Waals surface area contributed by atoms with Crippen molar-refractivity contribution < 1.29 is 8.42 Å². The summed E-state index contributed by atoms with van der Waals surface area (Å²) in [6.45, 7) is 0. The zero-order chi connectivity index (χ0) is 12.5. The number of hydrogen-bond donors (Lipinski definition) is 1. The first-order valence-electron chi connectivity index (χ1n) is 4.66. The molecule has 1 aromatic carbocycles. The third kappa shape index (κ3) is 2.59. The Bertz CT molecular complexity index is 604. The molecule has 0 bridgehead atoms. The van der Waals surface area contributed by atoms with Gasteiger partial charge < -0.3 is 5.73 Å². The summed E-state index contributed by atoms with van der Waals surface area (Å²) in [5.74, 6) is -0.182. The smallest absolute Gasteiger partial charge is 0.188 e. The number of rotatable bonds is 3. The molecule has 7 heteroatoms. The molecule has 1 heterocycles. The number of hydrogen-bond acceptors (Lipinski definition) is 5. The Morgan fingerprint density at radius 3 is 2.76 bits per heavy atom. The average molecular weight is 289 g/mol. The van der Waals surface area contributed by atoms with Crippen LogP contribution in [-0.4, -0.2) is 13.4 Å². The van der Waals surface area contributed by atoms with E-state index in [1.807, 2.05) is 0 Å².